The molecule has 0 aliphatic rings. The number of hydrogen-bond donors (Lipinski definition) is 1. The van der Waals surface area contributed by atoms with Gasteiger partial charge in [-0.1, -0.05) is 0 Å². The van der Waals surface area contributed by atoms with E-state index in [2.05, 4.69) is 5.32 Å². The molecule has 0 unspecified atom stereocenters. The number of nitro groups is 1. The lowest BCUT2D eigenvalue weighted by molar-refractivity contribution is -0.384. The van der Waals surface area contributed by atoms with Crippen molar-refractivity contribution in [3.63, 3.8) is 0 Å². The van der Waals surface area contributed by atoms with Crippen molar-refractivity contribution in [1.82, 2.24) is 4.90 Å². The van der Waals surface area contributed by atoms with Crippen LogP contribution < -0.4 is 5.32 Å². The third kappa shape index (κ3) is 3.43. The van der Waals surface area contributed by atoms with E-state index in [9.17, 15) is 14.9 Å². The molecule has 1 amide bonds. The van der Waals surface area contributed by atoms with Crippen LogP contribution >= 0.6 is 0 Å². The number of carbonyl (C=O) groups is 1. The molecule has 0 aliphatic carbocycles. The van der Waals surface area contributed by atoms with E-state index < -0.39 is 4.92 Å². The predicted octanol–water partition coefficient (Wildman–Crippen LogP) is 2.51. The summed E-state index contributed by atoms with van der Waals surface area (Å²) in [7, 11) is 1.68. The lowest BCUT2D eigenvalue weighted by atomic mass is 10.1. The molecule has 0 saturated heterocycles. The molecule has 1 N–H and O–H groups in total. The SMILES string of the molecule is CCNc1ccc(C(=O)N(C)C(C)C)cc1[N+](=O)[O-]. The van der Waals surface area contributed by atoms with Gasteiger partial charge in [-0.25, -0.2) is 0 Å². The largest absolute Gasteiger partial charge is 0.380 e. The van der Waals surface area contributed by atoms with Gasteiger partial charge >= 0.3 is 0 Å². The summed E-state index contributed by atoms with van der Waals surface area (Å²) in [4.78, 5) is 24.2. The molecule has 1 rings (SSSR count). The highest BCUT2D eigenvalue weighted by molar-refractivity contribution is 5.95. The Morgan fingerprint density at radius 1 is 1.47 bits per heavy atom. The van der Waals surface area contributed by atoms with Crippen LogP contribution in [0, 0.1) is 10.1 Å². The van der Waals surface area contributed by atoms with Gasteiger partial charge in [-0.3, -0.25) is 14.9 Å². The van der Waals surface area contributed by atoms with E-state index in [4.69, 9.17) is 0 Å². The van der Waals surface area contributed by atoms with Crippen LogP contribution in [-0.4, -0.2) is 35.4 Å². The number of nitro benzene ring substituents is 1. The lowest BCUT2D eigenvalue weighted by Crippen LogP contribution is -2.33. The summed E-state index contributed by atoms with van der Waals surface area (Å²) in [6.45, 7) is 6.22. The zero-order valence-corrected chi connectivity index (χ0v) is 11.6. The minimum atomic E-state index is -0.482. The first-order valence-corrected chi connectivity index (χ1v) is 6.18. The van der Waals surface area contributed by atoms with Gasteiger partial charge in [0.2, 0.25) is 0 Å². The zero-order valence-electron chi connectivity index (χ0n) is 11.6. The highest BCUT2D eigenvalue weighted by Crippen LogP contribution is 2.26. The van der Waals surface area contributed by atoms with E-state index in [0.717, 1.165) is 0 Å². The Labute approximate surface area is 112 Å². The Balaban J connectivity index is 3.15. The first-order chi connectivity index (χ1) is 8.88. The molecular weight excluding hydrogens is 246 g/mol. The molecule has 0 bridgehead atoms. The number of amides is 1. The molecule has 0 spiro atoms. The second kappa shape index (κ2) is 6.17. The smallest absolute Gasteiger partial charge is 0.293 e. The molecule has 0 fully saturated rings. The van der Waals surface area contributed by atoms with Crippen LogP contribution in [0.1, 0.15) is 31.1 Å². The molecular formula is C13H19N3O3. The molecule has 0 radical (unpaired) electrons. The quantitative estimate of drug-likeness (QED) is 0.655. The maximum Gasteiger partial charge on any atom is 0.293 e. The van der Waals surface area contributed by atoms with Crippen molar-refractivity contribution >= 4 is 17.3 Å². The molecule has 19 heavy (non-hydrogen) atoms. The highest BCUT2D eigenvalue weighted by Gasteiger charge is 2.20. The van der Waals surface area contributed by atoms with Crippen molar-refractivity contribution in [1.29, 1.82) is 0 Å². The predicted molar refractivity (Wildman–Crippen MR) is 74.5 cm³/mol. The molecule has 0 aliphatic heterocycles. The van der Waals surface area contributed by atoms with Crippen LogP contribution in [0.4, 0.5) is 11.4 Å². The molecule has 6 nitrogen and oxygen atoms in total. The number of nitrogens with zero attached hydrogens (tertiary/aromatic N) is 2. The maximum atomic E-state index is 12.1. The summed E-state index contributed by atoms with van der Waals surface area (Å²) < 4.78 is 0. The van der Waals surface area contributed by atoms with Gasteiger partial charge in [0.1, 0.15) is 5.69 Å². The van der Waals surface area contributed by atoms with Crippen LogP contribution in [0.5, 0.6) is 0 Å². The number of carbonyl (C=O) groups excluding carboxylic acids is 1. The monoisotopic (exact) mass is 265 g/mol. The minimum Gasteiger partial charge on any atom is -0.380 e. The van der Waals surface area contributed by atoms with Crippen LogP contribution in [0.25, 0.3) is 0 Å². The van der Waals surface area contributed by atoms with Crippen molar-refractivity contribution in [3.05, 3.63) is 33.9 Å². The number of anilines is 1. The van der Waals surface area contributed by atoms with Gasteiger partial charge in [-0.2, -0.15) is 0 Å². The summed E-state index contributed by atoms with van der Waals surface area (Å²) in [5.41, 5.74) is 0.672. The molecule has 0 heterocycles. The summed E-state index contributed by atoms with van der Waals surface area (Å²) in [5, 5.41) is 13.9. The van der Waals surface area contributed by atoms with E-state index in [1.165, 1.54) is 6.07 Å². The Morgan fingerprint density at radius 2 is 2.11 bits per heavy atom. The van der Waals surface area contributed by atoms with Crippen molar-refractivity contribution in [3.8, 4) is 0 Å². The topological polar surface area (TPSA) is 75.5 Å². The van der Waals surface area contributed by atoms with Gasteiger partial charge in [0.25, 0.3) is 11.6 Å². The average molecular weight is 265 g/mol. The first kappa shape index (κ1) is 14.9. The number of rotatable bonds is 5. The maximum absolute atomic E-state index is 12.1. The van der Waals surface area contributed by atoms with E-state index in [0.29, 0.717) is 17.8 Å². The van der Waals surface area contributed by atoms with Crippen LogP contribution in [0.15, 0.2) is 18.2 Å². The van der Waals surface area contributed by atoms with Crippen molar-refractivity contribution in [2.75, 3.05) is 18.9 Å². The second-order valence-electron chi connectivity index (χ2n) is 4.53. The number of hydrogen-bond acceptors (Lipinski definition) is 4. The first-order valence-electron chi connectivity index (χ1n) is 6.18. The van der Waals surface area contributed by atoms with Gasteiger partial charge in [0.05, 0.1) is 4.92 Å². The molecule has 6 heteroatoms. The zero-order chi connectivity index (χ0) is 14.6. The van der Waals surface area contributed by atoms with Gasteiger partial charge in [0.15, 0.2) is 0 Å². The fourth-order valence-electron chi connectivity index (χ4n) is 1.59. The van der Waals surface area contributed by atoms with Gasteiger partial charge in [0, 0.05) is 31.3 Å². The van der Waals surface area contributed by atoms with E-state index in [1.54, 1.807) is 24.1 Å². The molecule has 0 atom stereocenters. The van der Waals surface area contributed by atoms with Crippen molar-refractivity contribution < 1.29 is 9.72 Å². The third-order valence-electron chi connectivity index (χ3n) is 2.90. The van der Waals surface area contributed by atoms with Crippen LogP contribution in [0.3, 0.4) is 0 Å². The summed E-state index contributed by atoms with van der Waals surface area (Å²) in [6, 6.07) is 4.54. The lowest BCUT2D eigenvalue weighted by Gasteiger charge is -2.21. The van der Waals surface area contributed by atoms with Gasteiger partial charge in [-0.05, 0) is 32.9 Å². The van der Waals surface area contributed by atoms with Crippen molar-refractivity contribution in [2.24, 2.45) is 0 Å². The average Bonchev–Trinajstić information content (AvgIpc) is 2.37. The van der Waals surface area contributed by atoms with Gasteiger partial charge in [-0.15, -0.1) is 0 Å². The summed E-state index contributed by atoms with van der Waals surface area (Å²) in [6.07, 6.45) is 0. The van der Waals surface area contributed by atoms with Crippen molar-refractivity contribution in [2.45, 2.75) is 26.8 Å². The van der Waals surface area contributed by atoms with Crippen LogP contribution in [-0.2, 0) is 0 Å². The Kier molecular flexibility index (Phi) is 4.86. The molecule has 1 aromatic rings. The molecule has 0 saturated carbocycles. The fourth-order valence-corrected chi connectivity index (χ4v) is 1.59. The van der Waals surface area contributed by atoms with E-state index in [1.807, 2.05) is 20.8 Å². The Hall–Kier alpha value is -2.11. The second-order valence-corrected chi connectivity index (χ2v) is 4.53. The van der Waals surface area contributed by atoms with Crippen LogP contribution in [0.2, 0.25) is 0 Å². The van der Waals surface area contributed by atoms with Gasteiger partial charge < -0.3 is 10.2 Å². The number of benzene rings is 1. The highest BCUT2D eigenvalue weighted by atomic mass is 16.6. The fraction of sp³-hybridized carbons (Fsp3) is 0.462. The normalized spacial score (nSPS) is 10.4. The number of nitrogens with one attached hydrogen (secondary N) is 1. The third-order valence-corrected chi connectivity index (χ3v) is 2.90. The molecule has 104 valence electrons. The van der Waals surface area contributed by atoms with E-state index in [-0.39, 0.29) is 17.6 Å². The molecule has 0 aromatic heterocycles. The Morgan fingerprint density at radius 3 is 2.58 bits per heavy atom. The standard InChI is InChI=1S/C13H19N3O3/c1-5-14-11-7-6-10(8-12(11)16(18)19)13(17)15(4)9(2)3/h6-9,14H,5H2,1-4H3. The molecule has 1 aromatic carbocycles. The summed E-state index contributed by atoms with van der Waals surface area (Å²) >= 11 is 0. The minimum absolute atomic E-state index is 0.0417. The Bertz CT molecular complexity index is 486. The summed E-state index contributed by atoms with van der Waals surface area (Å²) in [5.74, 6) is -0.221. The van der Waals surface area contributed by atoms with E-state index >= 15 is 0 Å².